The maximum absolute atomic E-state index is 10.3. The van der Waals surface area contributed by atoms with Crippen LogP contribution in [0.3, 0.4) is 0 Å². The predicted octanol–water partition coefficient (Wildman–Crippen LogP) is 2.97. The molecule has 1 saturated heterocycles. The molecule has 2 aromatic heterocycles. The third kappa shape index (κ3) is 3.04. The Morgan fingerprint density at radius 1 is 1.48 bits per heavy atom. The van der Waals surface area contributed by atoms with Gasteiger partial charge in [0.15, 0.2) is 0 Å². The van der Waals surface area contributed by atoms with Crippen LogP contribution >= 0.6 is 0 Å². The maximum atomic E-state index is 10.3. The molecule has 21 heavy (non-hydrogen) atoms. The van der Waals surface area contributed by atoms with Crippen LogP contribution < -0.4 is 0 Å². The van der Waals surface area contributed by atoms with E-state index in [0.717, 1.165) is 31.0 Å². The van der Waals surface area contributed by atoms with Crippen LogP contribution in [0.25, 0.3) is 0 Å². The van der Waals surface area contributed by atoms with Crippen molar-refractivity contribution in [2.24, 2.45) is 0 Å². The molecule has 1 aliphatic heterocycles. The summed E-state index contributed by atoms with van der Waals surface area (Å²) >= 11 is 0. The molecule has 0 aliphatic carbocycles. The van der Waals surface area contributed by atoms with Gasteiger partial charge in [0.1, 0.15) is 17.6 Å². The van der Waals surface area contributed by atoms with Gasteiger partial charge in [0.05, 0.1) is 12.0 Å². The minimum atomic E-state index is -0.532. The van der Waals surface area contributed by atoms with Crippen LogP contribution in [0.4, 0.5) is 0 Å². The van der Waals surface area contributed by atoms with Crippen molar-refractivity contribution in [2.75, 3.05) is 6.54 Å². The smallest absolute Gasteiger partial charge is 0.138 e. The van der Waals surface area contributed by atoms with Gasteiger partial charge in [0, 0.05) is 18.2 Å². The lowest BCUT2D eigenvalue weighted by Crippen LogP contribution is -2.30. The number of aliphatic hydroxyl groups excluding tert-OH is 1. The van der Waals surface area contributed by atoms with E-state index in [9.17, 15) is 5.11 Å². The fraction of sp³-hybridized carbons (Fsp3) is 0.562. The second-order valence-electron chi connectivity index (χ2n) is 5.84. The highest BCUT2D eigenvalue weighted by Crippen LogP contribution is 2.29. The van der Waals surface area contributed by atoms with E-state index in [-0.39, 0.29) is 0 Å². The van der Waals surface area contributed by atoms with E-state index >= 15 is 0 Å². The van der Waals surface area contributed by atoms with Crippen molar-refractivity contribution in [2.45, 2.75) is 51.8 Å². The third-order valence-corrected chi connectivity index (χ3v) is 4.41. The number of nitrogens with zero attached hydrogens (tertiary/aromatic N) is 2. The monoisotopic (exact) mass is 290 g/mol. The van der Waals surface area contributed by atoms with Gasteiger partial charge < -0.3 is 14.0 Å². The summed E-state index contributed by atoms with van der Waals surface area (Å²) in [5.74, 6) is 1.55. The number of hydrogen-bond acceptors (Lipinski definition) is 5. The zero-order chi connectivity index (χ0) is 14.8. The zero-order valence-electron chi connectivity index (χ0n) is 12.6. The van der Waals surface area contributed by atoms with Crippen molar-refractivity contribution in [1.29, 1.82) is 0 Å². The molecule has 5 nitrogen and oxygen atoms in total. The largest absolute Gasteiger partial charge is 0.467 e. The summed E-state index contributed by atoms with van der Waals surface area (Å²) in [6.07, 6.45) is 4.06. The lowest BCUT2D eigenvalue weighted by molar-refractivity contribution is 0.0993. The van der Waals surface area contributed by atoms with E-state index in [2.05, 4.69) is 10.1 Å². The summed E-state index contributed by atoms with van der Waals surface area (Å²) < 4.78 is 10.5. The molecule has 1 fully saturated rings. The first-order chi connectivity index (χ1) is 10.1. The summed E-state index contributed by atoms with van der Waals surface area (Å²) in [7, 11) is 0. The number of hydrogen-bond donors (Lipinski definition) is 1. The van der Waals surface area contributed by atoms with E-state index < -0.39 is 6.10 Å². The first-order valence-electron chi connectivity index (χ1n) is 7.52. The highest BCUT2D eigenvalue weighted by molar-refractivity contribution is 5.20. The Morgan fingerprint density at radius 2 is 2.33 bits per heavy atom. The molecule has 0 spiro atoms. The molecule has 5 heteroatoms. The predicted molar refractivity (Wildman–Crippen MR) is 77.7 cm³/mol. The van der Waals surface area contributed by atoms with Gasteiger partial charge in [-0.1, -0.05) is 5.16 Å². The van der Waals surface area contributed by atoms with E-state index in [1.807, 2.05) is 26.0 Å². The molecular formula is C16H22N2O3. The normalized spacial score (nSPS) is 21.0. The van der Waals surface area contributed by atoms with Crippen LogP contribution in [-0.4, -0.2) is 27.7 Å². The summed E-state index contributed by atoms with van der Waals surface area (Å²) in [5.41, 5.74) is 2.14. The van der Waals surface area contributed by atoms with Crippen LogP contribution in [0.5, 0.6) is 0 Å². The third-order valence-electron chi connectivity index (χ3n) is 4.41. The Hall–Kier alpha value is -1.59. The number of likely N-dealkylation sites (tertiary alicyclic amines) is 1. The van der Waals surface area contributed by atoms with Crippen molar-refractivity contribution >= 4 is 0 Å². The van der Waals surface area contributed by atoms with Crippen molar-refractivity contribution < 1.29 is 14.0 Å². The first kappa shape index (κ1) is 14.4. The summed E-state index contributed by atoms with van der Waals surface area (Å²) in [4.78, 5) is 2.42. The minimum absolute atomic E-state index is 0.374. The Balaban J connectivity index is 1.65. The lowest BCUT2D eigenvalue weighted by Gasteiger charge is -2.25. The standard InChI is InChI=1S/C16H22N2O3/c1-11-14(12(2)21-17-11)10-18-7-3-5-13(18)9-15(19)16-6-4-8-20-16/h4,6,8,13,15,19H,3,5,7,9-10H2,1-2H3. The molecular weight excluding hydrogens is 268 g/mol. The molecule has 2 unspecified atom stereocenters. The molecule has 0 saturated carbocycles. The van der Waals surface area contributed by atoms with Crippen LogP contribution in [0.15, 0.2) is 27.3 Å². The Labute approximate surface area is 124 Å². The molecule has 3 rings (SSSR count). The van der Waals surface area contributed by atoms with Gasteiger partial charge in [-0.05, 0) is 51.8 Å². The zero-order valence-corrected chi connectivity index (χ0v) is 12.6. The maximum Gasteiger partial charge on any atom is 0.138 e. The van der Waals surface area contributed by atoms with E-state index in [4.69, 9.17) is 8.94 Å². The number of aryl methyl sites for hydroxylation is 2. The van der Waals surface area contributed by atoms with Gasteiger partial charge in [0.2, 0.25) is 0 Å². The molecule has 2 atom stereocenters. The van der Waals surface area contributed by atoms with Crippen molar-refractivity contribution in [1.82, 2.24) is 10.1 Å². The van der Waals surface area contributed by atoms with Gasteiger partial charge >= 0.3 is 0 Å². The summed E-state index contributed by atoms with van der Waals surface area (Å²) in [6.45, 7) is 5.84. The minimum Gasteiger partial charge on any atom is -0.467 e. The van der Waals surface area contributed by atoms with Gasteiger partial charge in [-0.15, -0.1) is 0 Å². The molecule has 0 bridgehead atoms. The summed E-state index contributed by atoms with van der Waals surface area (Å²) in [5, 5.41) is 14.3. The van der Waals surface area contributed by atoms with E-state index in [0.29, 0.717) is 18.2 Å². The van der Waals surface area contributed by atoms with Crippen LogP contribution in [0.2, 0.25) is 0 Å². The second-order valence-corrected chi connectivity index (χ2v) is 5.84. The summed E-state index contributed by atoms with van der Waals surface area (Å²) in [6, 6.07) is 4.02. The molecule has 114 valence electrons. The Morgan fingerprint density at radius 3 is 3.00 bits per heavy atom. The van der Waals surface area contributed by atoms with Crippen LogP contribution in [-0.2, 0) is 6.54 Å². The molecule has 3 heterocycles. The van der Waals surface area contributed by atoms with Gasteiger partial charge in [-0.25, -0.2) is 0 Å². The van der Waals surface area contributed by atoms with E-state index in [1.165, 1.54) is 12.0 Å². The van der Waals surface area contributed by atoms with Gasteiger partial charge in [-0.3, -0.25) is 4.90 Å². The lowest BCUT2D eigenvalue weighted by atomic mass is 10.0. The fourth-order valence-corrected chi connectivity index (χ4v) is 3.16. The van der Waals surface area contributed by atoms with Gasteiger partial charge in [0.25, 0.3) is 0 Å². The average molecular weight is 290 g/mol. The topological polar surface area (TPSA) is 62.6 Å². The highest BCUT2D eigenvalue weighted by Gasteiger charge is 2.29. The molecule has 2 aromatic rings. The van der Waals surface area contributed by atoms with Crippen LogP contribution in [0, 0.1) is 13.8 Å². The molecule has 1 aliphatic rings. The Kier molecular flexibility index (Phi) is 4.12. The number of aromatic nitrogens is 1. The van der Waals surface area contributed by atoms with Crippen molar-refractivity contribution in [3.8, 4) is 0 Å². The SMILES string of the molecule is Cc1noc(C)c1CN1CCCC1CC(O)c1ccco1. The fourth-order valence-electron chi connectivity index (χ4n) is 3.16. The number of furan rings is 1. The van der Waals surface area contributed by atoms with Crippen molar-refractivity contribution in [3.63, 3.8) is 0 Å². The number of aliphatic hydroxyl groups is 1. The van der Waals surface area contributed by atoms with Crippen molar-refractivity contribution in [3.05, 3.63) is 41.2 Å². The average Bonchev–Trinajstić information content (AvgIpc) is 3.18. The van der Waals surface area contributed by atoms with E-state index in [1.54, 1.807) is 6.26 Å². The molecule has 0 aromatic carbocycles. The molecule has 1 N–H and O–H groups in total. The second kappa shape index (κ2) is 6.03. The highest BCUT2D eigenvalue weighted by atomic mass is 16.5. The quantitative estimate of drug-likeness (QED) is 0.917. The van der Waals surface area contributed by atoms with Gasteiger partial charge in [-0.2, -0.15) is 0 Å². The molecule has 0 radical (unpaired) electrons. The number of rotatable bonds is 5. The van der Waals surface area contributed by atoms with Crippen LogP contribution in [0.1, 0.15) is 48.1 Å². The molecule has 0 amide bonds. The first-order valence-corrected chi connectivity index (χ1v) is 7.52. The Bertz CT molecular complexity index is 557.